The second kappa shape index (κ2) is 6.03. The Labute approximate surface area is 162 Å². The van der Waals surface area contributed by atoms with Crippen LogP contribution in [0.2, 0.25) is 0 Å². The molecule has 1 saturated carbocycles. The van der Waals surface area contributed by atoms with Crippen LogP contribution in [-0.2, 0) is 27.2 Å². The van der Waals surface area contributed by atoms with Crippen molar-refractivity contribution in [2.24, 2.45) is 29.6 Å². The number of thiophene rings is 1. The molecule has 0 radical (unpaired) electrons. The predicted octanol–water partition coefficient (Wildman–Crippen LogP) is 3.36. The van der Waals surface area contributed by atoms with Crippen molar-refractivity contribution in [3.8, 4) is 0 Å². The molecule has 27 heavy (non-hydrogen) atoms. The number of imide groups is 1. The van der Waals surface area contributed by atoms with E-state index in [9.17, 15) is 14.4 Å². The number of rotatable bonds is 3. The monoisotopic (exact) mass is 385 g/mol. The molecule has 1 aromatic heterocycles. The average molecular weight is 385 g/mol. The highest BCUT2D eigenvalue weighted by Crippen LogP contribution is 2.55. The molecule has 4 aliphatic rings. The van der Waals surface area contributed by atoms with E-state index < -0.39 is 5.97 Å². The summed E-state index contributed by atoms with van der Waals surface area (Å²) in [6.07, 6.45) is 7.79. The van der Waals surface area contributed by atoms with E-state index in [1.165, 1.54) is 16.2 Å². The summed E-state index contributed by atoms with van der Waals surface area (Å²) < 4.78 is 5.30. The highest BCUT2D eigenvalue weighted by Gasteiger charge is 2.60. The average Bonchev–Trinajstić information content (AvgIpc) is 3.36. The maximum absolute atomic E-state index is 13.2. The standard InChI is InChI=1S/C21H23NO4S/c1-3-26-21(25)17-13-7-4-10(2)8-14(13)27-20(17)22-18(23)15-11-5-6-12(9-11)16(15)19(22)24/h5-6,10-12,15-16H,3-4,7-9H2,1-2H3/t10-,11-,12+,15-,16-/m0/s1. The van der Waals surface area contributed by atoms with Crippen molar-refractivity contribution < 1.29 is 19.1 Å². The van der Waals surface area contributed by atoms with Crippen molar-refractivity contribution >= 4 is 34.1 Å². The zero-order chi connectivity index (χ0) is 18.9. The van der Waals surface area contributed by atoms with Crippen molar-refractivity contribution in [1.29, 1.82) is 0 Å². The summed E-state index contributed by atoms with van der Waals surface area (Å²) in [5.74, 6) is -0.273. The fourth-order valence-corrected chi connectivity index (χ4v) is 6.92. The zero-order valence-corrected chi connectivity index (χ0v) is 16.4. The molecule has 5 rings (SSSR count). The lowest BCUT2D eigenvalue weighted by Gasteiger charge is -2.19. The summed E-state index contributed by atoms with van der Waals surface area (Å²) in [7, 11) is 0. The first-order chi connectivity index (χ1) is 13.0. The van der Waals surface area contributed by atoms with Crippen LogP contribution < -0.4 is 4.90 Å². The maximum atomic E-state index is 13.2. The number of fused-ring (bicyclic) bond motifs is 6. The quantitative estimate of drug-likeness (QED) is 0.455. The molecule has 2 fully saturated rings. The highest BCUT2D eigenvalue weighted by atomic mass is 32.1. The van der Waals surface area contributed by atoms with Gasteiger partial charge in [-0.05, 0) is 55.9 Å². The summed E-state index contributed by atoms with van der Waals surface area (Å²) in [5.41, 5.74) is 1.45. The molecule has 0 N–H and O–H groups in total. The Hall–Kier alpha value is -1.95. The van der Waals surface area contributed by atoms with Crippen LogP contribution in [0.25, 0.3) is 0 Å². The number of hydrogen-bond donors (Lipinski definition) is 0. The maximum Gasteiger partial charge on any atom is 0.341 e. The number of anilines is 1. The summed E-state index contributed by atoms with van der Waals surface area (Å²) in [4.78, 5) is 41.7. The van der Waals surface area contributed by atoms with Gasteiger partial charge in [-0.1, -0.05) is 19.1 Å². The van der Waals surface area contributed by atoms with Gasteiger partial charge in [-0.15, -0.1) is 11.3 Å². The Bertz CT molecular complexity index is 855. The lowest BCUT2D eigenvalue weighted by Crippen LogP contribution is -2.33. The fraction of sp³-hybridized carbons (Fsp3) is 0.571. The minimum Gasteiger partial charge on any atom is -0.462 e. The van der Waals surface area contributed by atoms with Crippen LogP contribution in [0.5, 0.6) is 0 Å². The second-order valence-electron chi connectivity index (χ2n) is 8.26. The van der Waals surface area contributed by atoms with Gasteiger partial charge in [-0.2, -0.15) is 0 Å². The van der Waals surface area contributed by atoms with Crippen LogP contribution in [0, 0.1) is 29.6 Å². The Morgan fingerprint density at radius 1 is 1.22 bits per heavy atom. The van der Waals surface area contributed by atoms with Crippen LogP contribution in [0.4, 0.5) is 5.00 Å². The number of carbonyl (C=O) groups excluding carboxylic acids is 3. The molecule has 2 amide bonds. The third-order valence-corrected chi connectivity index (χ3v) is 7.89. The van der Waals surface area contributed by atoms with E-state index in [0.717, 1.165) is 36.1 Å². The number of amides is 2. The molecule has 5 nitrogen and oxygen atoms in total. The molecule has 2 bridgehead atoms. The molecule has 2 heterocycles. The topological polar surface area (TPSA) is 63.7 Å². The third kappa shape index (κ3) is 2.32. The van der Waals surface area contributed by atoms with Gasteiger partial charge in [0.25, 0.3) is 0 Å². The lowest BCUT2D eigenvalue weighted by molar-refractivity contribution is -0.123. The largest absolute Gasteiger partial charge is 0.462 e. The van der Waals surface area contributed by atoms with Crippen LogP contribution >= 0.6 is 11.3 Å². The number of esters is 1. The normalized spacial score (nSPS) is 33.6. The lowest BCUT2D eigenvalue weighted by atomic mass is 9.85. The second-order valence-corrected chi connectivity index (χ2v) is 9.35. The van der Waals surface area contributed by atoms with Gasteiger partial charge in [0.05, 0.1) is 24.0 Å². The van der Waals surface area contributed by atoms with Crippen LogP contribution in [0.1, 0.15) is 47.5 Å². The van der Waals surface area contributed by atoms with Gasteiger partial charge in [0.2, 0.25) is 11.8 Å². The first-order valence-corrected chi connectivity index (χ1v) is 10.7. The first-order valence-electron chi connectivity index (χ1n) is 9.89. The first kappa shape index (κ1) is 17.2. The van der Waals surface area contributed by atoms with Crippen molar-refractivity contribution in [1.82, 2.24) is 0 Å². The molecule has 1 aromatic rings. The molecule has 1 saturated heterocycles. The van der Waals surface area contributed by atoms with Crippen LogP contribution in [0.3, 0.4) is 0 Å². The van der Waals surface area contributed by atoms with Gasteiger partial charge < -0.3 is 4.74 Å². The number of hydrogen-bond acceptors (Lipinski definition) is 5. The Kier molecular flexibility index (Phi) is 3.83. The third-order valence-electron chi connectivity index (χ3n) is 6.65. The number of nitrogens with zero attached hydrogens (tertiary/aromatic N) is 1. The molecule has 0 unspecified atom stereocenters. The van der Waals surface area contributed by atoms with Gasteiger partial charge in [0.1, 0.15) is 5.00 Å². The van der Waals surface area contributed by atoms with Gasteiger partial charge >= 0.3 is 5.97 Å². The number of allylic oxidation sites excluding steroid dienone is 2. The van der Waals surface area contributed by atoms with E-state index in [-0.39, 0.29) is 42.1 Å². The number of ether oxygens (including phenoxy) is 1. The van der Waals surface area contributed by atoms with Gasteiger partial charge in [0.15, 0.2) is 0 Å². The predicted molar refractivity (Wildman–Crippen MR) is 102 cm³/mol. The number of carbonyl (C=O) groups is 3. The van der Waals surface area contributed by atoms with E-state index >= 15 is 0 Å². The SMILES string of the molecule is CCOC(=O)c1c(N2C(=O)[C@@H]3[C@@H](C2=O)[C@H]2C=C[C@@H]3C2)sc2c1CC[C@H](C)C2. The Morgan fingerprint density at radius 2 is 1.89 bits per heavy atom. The molecule has 6 heteroatoms. The van der Waals surface area contributed by atoms with Crippen LogP contribution in [-0.4, -0.2) is 24.4 Å². The fourth-order valence-electron chi connectivity index (χ4n) is 5.41. The van der Waals surface area contributed by atoms with E-state index in [1.807, 2.05) is 0 Å². The van der Waals surface area contributed by atoms with E-state index in [4.69, 9.17) is 4.74 Å². The van der Waals surface area contributed by atoms with E-state index in [2.05, 4.69) is 19.1 Å². The summed E-state index contributed by atoms with van der Waals surface area (Å²) in [6.45, 7) is 4.26. The van der Waals surface area contributed by atoms with Crippen LogP contribution in [0.15, 0.2) is 12.2 Å². The van der Waals surface area contributed by atoms with Crippen molar-refractivity contribution in [3.63, 3.8) is 0 Å². The molecular weight excluding hydrogens is 362 g/mol. The molecule has 3 aliphatic carbocycles. The molecular formula is C21H23NO4S. The smallest absolute Gasteiger partial charge is 0.341 e. The molecule has 0 spiro atoms. The van der Waals surface area contributed by atoms with Gasteiger partial charge in [0, 0.05) is 4.88 Å². The van der Waals surface area contributed by atoms with E-state index in [0.29, 0.717) is 16.5 Å². The summed E-state index contributed by atoms with van der Waals surface area (Å²) in [5, 5.41) is 0.511. The Balaban J connectivity index is 1.60. The van der Waals surface area contributed by atoms with Gasteiger partial charge in [-0.25, -0.2) is 9.69 Å². The van der Waals surface area contributed by atoms with Gasteiger partial charge in [-0.3, -0.25) is 9.59 Å². The molecule has 0 aromatic carbocycles. The van der Waals surface area contributed by atoms with E-state index in [1.54, 1.807) is 6.92 Å². The molecule has 1 aliphatic heterocycles. The minimum atomic E-state index is -0.404. The Morgan fingerprint density at radius 3 is 2.52 bits per heavy atom. The van der Waals surface area contributed by atoms with Crippen molar-refractivity contribution in [2.45, 2.75) is 39.5 Å². The zero-order valence-electron chi connectivity index (χ0n) is 15.6. The molecule has 5 atom stereocenters. The highest BCUT2D eigenvalue weighted by molar-refractivity contribution is 7.17. The minimum absolute atomic E-state index is 0.126. The molecule has 142 valence electrons. The summed E-state index contributed by atoms with van der Waals surface area (Å²) >= 11 is 1.45. The van der Waals surface area contributed by atoms with Crippen molar-refractivity contribution in [2.75, 3.05) is 11.5 Å². The van der Waals surface area contributed by atoms with Crippen molar-refractivity contribution in [3.05, 3.63) is 28.2 Å². The summed E-state index contributed by atoms with van der Waals surface area (Å²) in [6, 6.07) is 0.